The summed E-state index contributed by atoms with van der Waals surface area (Å²) in [6, 6.07) is 0. The first kappa shape index (κ1) is 11.9. The van der Waals surface area contributed by atoms with Gasteiger partial charge >= 0.3 is 33.4 Å². The van der Waals surface area contributed by atoms with Crippen molar-refractivity contribution in [1.29, 1.82) is 0 Å². The Balaban J connectivity index is 0. The van der Waals surface area contributed by atoms with Gasteiger partial charge in [-0.15, -0.1) is 0 Å². The predicted octanol–water partition coefficient (Wildman–Crippen LogP) is 2.76. The van der Waals surface area contributed by atoms with Crippen molar-refractivity contribution in [3.63, 3.8) is 0 Å². The van der Waals surface area contributed by atoms with E-state index in [4.69, 9.17) is 5.41 Å². The van der Waals surface area contributed by atoms with Crippen LogP contribution in [0.15, 0.2) is 0 Å². The van der Waals surface area contributed by atoms with Gasteiger partial charge in [0.2, 0.25) is 0 Å². The van der Waals surface area contributed by atoms with E-state index in [1.165, 1.54) is 5.16 Å². The second-order valence-electron chi connectivity index (χ2n) is 0.806. The SMILES string of the molecule is [F][Ti-]([F])([F])([F])[F].[N-]=C=S. The molecule has 0 radical (unpaired) electrons. The summed E-state index contributed by atoms with van der Waals surface area (Å²) in [5.41, 5.74) is 0. The fourth-order valence-corrected chi connectivity index (χ4v) is 0. The van der Waals surface area contributed by atoms with E-state index in [1.54, 1.807) is 0 Å². The number of rotatable bonds is 0. The Morgan fingerprint density at radius 1 is 1.11 bits per heavy atom. The maximum Gasteiger partial charge on any atom is -0.0548 e. The van der Waals surface area contributed by atoms with Gasteiger partial charge in [-0.25, -0.2) is 0 Å². The molecule has 0 unspecified atom stereocenters. The van der Waals surface area contributed by atoms with E-state index in [1.807, 2.05) is 0 Å². The van der Waals surface area contributed by atoms with Crippen LogP contribution in [-0.2, 0) is 18.0 Å². The van der Waals surface area contributed by atoms with Crippen molar-refractivity contribution in [2.75, 3.05) is 0 Å². The molecule has 0 aromatic rings. The van der Waals surface area contributed by atoms with Crippen molar-refractivity contribution in [3.05, 3.63) is 5.41 Å². The number of nitrogens with zero attached hydrogens (tertiary/aromatic N) is 1. The van der Waals surface area contributed by atoms with Crippen LogP contribution in [0.3, 0.4) is 0 Å². The average Bonchev–Trinajstić information content (AvgIpc) is 1.23. The molecule has 0 aliphatic rings. The van der Waals surface area contributed by atoms with Crippen LogP contribution in [0.1, 0.15) is 0 Å². The summed E-state index contributed by atoms with van der Waals surface area (Å²) in [7, 11) is 0. The Morgan fingerprint density at radius 2 is 1.11 bits per heavy atom. The molecule has 0 heterocycles. The quantitative estimate of drug-likeness (QED) is 0.255. The van der Waals surface area contributed by atoms with E-state index in [9.17, 15) is 15.5 Å². The fourth-order valence-electron chi connectivity index (χ4n) is 0. The Morgan fingerprint density at radius 3 is 1.11 bits per heavy atom. The largest absolute Gasteiger partial charge is 0.753 e. The molecule has 0 fully saturated rings. The van der Waals surface area contributed by atoms with Gasteiger partial charge in [0.1, 0.15) is 0 Å². The minimum Gasteiger partial charge on any atom is -0.753 e. The fraction of sp³-hybridized carbons (Fsp3) is 0. The average molecular weight is 201 g/mol. The maximum absolute atomic E-state index is 9.90. The van der Waals surface area contributed by atoms with Gasteiger partial charge in [0.25, 0.3) is 0 Å². The van der Waals surface area contributed by atoms with Crippen LogP contribution in [0.4, 0.5) is 15.5 Å². The molecule has 0 aliphatic carbocycles. The van der Waals surface area contributed by atoms with Gasteiger partial charge in [-0.1, -0.05) is 12.2 Å². The summed E-state index contributed by atoms with van der Waals surface area (Å²) in [4.78, 5) is 0. The summed E-state index contributed by atoms with van der Waals surface area (Å²) >= 11 is -5.40. The molecule has 0 amide bonds. The number of halogens is 5. The van der Waals surface area contributed by atoms with Gasteiger partial charge < -0.3 is 5.41 Å². The van der Waals surface area contributed by atoms with Crippen LogP contribution < -0.4 is 0 Å². The van der Waals surface area contributed by atoms with Crippen molar-refractivity contribution in [3.8, 4) is 0 Å². The second kappa shape index (κ2) is 3.36. The van der Waals surface area contributed by atoms with Gasteiger partial charge in [0, 0.05) is 0 Å². The molecule has 0 N–H and O–H groups in total. The smallest absolute Gasteiger partial charge is 0.0548 e. The molecule has 9 heavy (non-hydrogen) atoms. The van der Waals surface area contributed by atoms with Crippen LogP contribution in [0.25, 0.3) is 5.41 Å². The van der Waals surface area contributed by atoms with Crippen LogP contribution in [0.5, 0.6) is 0 Å². The Bertz CT molecular complexity index is 102. The van der Waals surface area contributed by atoms with Crippen LogP contribution >= 0.6 is 12.2 Å². The molecule has 0 aromatic heterocycles. The normalized spacial score (nSPS) is 13.7. The van der Waals surface area contributed by atoms with Crippen molar-refractivity contribution in [2.45, 2.75) is 0 Å². The van der Waals surface area contributed by atoms with Gasteiger partial charge in [-0.05, 0) is 0 Å². The molecule has 0 saturated carbocycles. The molecule has 1 nitrogen and oxygen atoms in total. The number of isothiocyanates is 1. The van der Waals surface area contributed by atoms with Gasteiger partial charge in [-0.3, -0.25) is 0 Å². The molecule has 0 aromatic carbocycles. The van der Waals surface area contributed by atoms with Crippen molar-refractivity contribution < 1.29 is 33.4 Å². The molecule has 0 rings (SSSR count). The van der Waals surface area contributed by atoms with Gasteiger partial charge in [-0.2, -0.15) is 5.16 Å². The minimum absolute atomic E-state index is 1.33. The first-order valence-corrected chi connectivity index (χ1v) is 4.73. The molecule has 0 aliphatic heterocycles. The summed E-state index contributed by atoms with van der Waals surface area (Å²) in [5, 5.41) is 8.47. The van der Waals surface area contributed by atoms with E-state index < -0.39 is 18.0 Å². The monoisotopic (exact) mass is 201 g/mol. The van der Waals surface area contributed by atoms with Gasteiger partial charge in [0.05, 0.1) is 0 Å². The molecule has 0 bridgehead atoms. The summed E-state index contributed by atoms with van der Waals surface area (Å²) in [6.45, 7) is 0. The number of hydrogen-bond donors (Lipinski definition) is 0. The maximum atomic E-state index is 9.90. The zero-order valence-electron chi connectivity index (χ0n) is 3.75. The van der Waals surface area contributed by atoms with E-state index in [2.05, 4.69) is 12.2 Å². The predicted molar refractivity (Wildman–Crippen MR) is 21.5 cm³/mol. The Hall–Kier alpha value is 0.164. The van der Waals surface area contributed by atoms with Gasteiger partial charge in [0.15, 0.2) is 0 Å². The Kier molecular flexibility index (Phi) is 4.45. The molecule has 56 valence electrons. The minimum atomic E-state index is -9.10. The van der Waals surface area contributed by atoms with Crippen molar-refractivity contribution in [2.24, 2.45) is 0 Å². The van der Waals surface area contributed by atoms with Crippen LogP contribution in [-0.4, -0.2) is 5.16 Å². The van der Waals surface area contributed by atoms with E-state index in [0.717, 1.165) is 0 Å². The summed E-state index contributed by atoms with van der Waals surface area (Å²) < 4.78 is 49.5. The third-order valence-electron chi connectivity index (χ3n) is 0. The topological polar surface area (TPSA) is 22.3 Å². The number of hydrogen-bond acceptors (Lipinski definition) is 1. The Labute approximate surface area is 56.6 Å². The summed E-state index contributed by atoms with van der Waals surface area (Å²) in [5.74, 6) is 0. The molecular formula is CF5NSTi-2. The second-order valence-corrected chi connectivity index (χ2v) is 3.22. The third-order valence-corrected chi connectivity index (χ3v) is 0. The molecule has 0 saturated heterocycles. The first-order chi connectivity index (χ1) is 3.65. The molecule has 8 heteroatoms. The van der Waals surface area contributed by atoms with E-state index >= 15 is 0 Å². The van der Waals surface area contributed by atoms with E-state index in [-0.39, 0.29) is 0 Å². The zero-order valence-corrected chi connectivity index (χ0v) is 6.12. The van der Waals surface area contributed by atoms with Crippen molar-refractivity contribution >= 4 is 17.4 Å². The third kappa shape index (κ3) is 11500. The first-order valence-electron chi connectivity index (χ1n) is 1.37. The van der Waals surface area contributed by atoms with Crippen LogP contribution in [0, 0.1) is 0 Å². The van der Waals surface area contributed by atoms with Crippen LogP contribution in [0.2, 0.25) is 0 Å². The molecule has 0 spiro atoms. The standard InChI is InChI=1S/CNS.5FH.Ti/c2-1-3;;;;;;/h;5*1H;/q-1;;;;;;+4/p-5. The molecular weight excluding hydrogens is 201 g/mol. The van der Waals surface area contributed by atoms with Crippen molar-refractivity contribution in [1.82, 2.24) is 0 Å². The van der Waals surface area contributed by atoms with E-state index in [0.29, 0.717) is 0 Å². The summed E-state index contributed by atoms with van der Waals surface area (Å²) in [6.07, 6.45) is 0. The molecule has 0 atom stereocenters. The zero-order chi connectivity index (χ0) is 8.15. The number of thiocarbonyl (C=S) groups is 1.